The van der Waals surface area contributed by atoms with Gasteiger partial charge in [0.1, 0.15) is 0 Å². The van der Waals surface area contributed by atoms with E-state index < -0.39 is 0 Å². The Morgan fingerprint density at radius 2 is 1.39 bits per heavy atom. The first-order chi connectivity index (χ1) is 15.9. The fourth-order valence-corrected chi connectivity index (χ4v) is 5.13. The van der Waals surface area contributed by atoms with Crippen molar-refractivity contribution in [1.82, 2.24) is 0 Å². The van der Waals surface area contributed by atoms with E-state index in [0.29, 0.717) is 5.84 Å². The van der Waals surface area contributed by atoms with Crippen molar-refractivity contribution in [2.45, 2.75) is 26.2 Å². The van der Waals surface area contributed by atoms with E-state index in [1.54, 1.807) is 7.05 Å². The molecule has 0 aromatic heterocycles. The topological polar surface area (TPSA) is 24.7 Å². The van der Waals surface area contributed by atoms with Crippen LogP contribution in [0.4, 0.5) is 0 Å². The van der Waals surface area contributed by atoms with E-state index in [1.807, 2.05) is 0 Å². The zero-order chi connectivity index (χ0) is 23.2. The summed E-state index contributed by atoms with van der Waals surface area (Å²) in [4.78, 5) is 8.35. The average Bonchev–Trinajstić information content (AvgIpc) is 3.06. The summed E-state index contributed by atoms with van der Waals surface area (Å²) < 4.78 is 0. The molecule has 0 saturated heterocycles. The van der Waals surface area contributed by atoms with E-state index in [2.05, 4.69) is 122 Å². The predicted octanol–water partition coefficient (Wildman–Crippen LogP) is 7.71. The quantitative estimate of drug-likeness (QED) is 0.236. The zero-order valence-corrected chi connectivity index (χ0v) is 19.7. The summed E-state index contributed by atoms with van der Waals surface area (Å²) in [5.74, 6) is 0.663. The minimum atomic E-state index is -0.00142. The fraction of sp³-hybridized carbons (Fsp3) is 0.161. The molecule has 33 heavy (non-hydrogen) atoms. The molecular formula is C31H28N2. The highest BCUT2D eigenvalue weighted by Gasteiger charge is 2.35. The lowest BCUT2D eigenvalue weighted by Gasteiger charge is -2.22. The zero-order valence-electron chi connectivity index (χ0n) is 19.7. The molecule has 1 aliphatic rings. The van der Waals surface area contributed by atoms with Gasteiger partial charge in [0.15, 0.2) is 5.84 Å². The van der Waals surface area contributed by atoms with Gasteiger partial charge in [-0.05, 0) is 88.0 Å². The number of amidine groups is 1. The van der Waals surface area contributed by atoms with Crippen LogP contribution >= 0.6 is 0 Å². The van der Waals surface area contributed by atoms with Gasteiger partial charge in [-0.1, -0.05) is 74.5 Å². The van der Waals surface area contributed by atoms with Gasteiger partial charge in [-0.15, -0.1) is 0 Å². The lowest BCUT2D eigenvalue weighted by Crippen LogP contribution is -2.14. The van der Waals surface area contributed by atoms with Gasteiger partial charge in [-0.25, -0.2) is 4.99 Å². The van der Waals surface area contributed by atoms with E-state index in [9.17, 15) is 0 Å². The summed E-state index contributed by atoms with van der Waals surface area (Å²) in [5.41, 5.74) is 12.5. The van der Waals surface area contributed by atoms with E-state index in [1.165, 1.54) is 44.5 Å². The Bertz CT molecular complexity index is 1420. The molecule has 1 aliphatic carbocycles. The third-order valence-electron chi connectivity index (χ3n) is 6.81. The molecular weight excluding hydrogens is 400 g/mol. The van der Waals surface area contributed by atoms with E-state index in [0.717, 1.165) is 11.1 Å². The lowest BCUT2D eigenvalue weighted by atomic mass is 9.81. The van der Waals surface area contributed by atoms with Crippen LogP contribution in [0.25, 0.3) is 33.4 Å². The number of rotatable bonds is 3. The molecule has 0 unspecified atom stereocenters. The molecule has 4 aromatic carbocycles. The van der Waals surface area contributed by atoms with E-state index >= 15 is 0 Å². The maximum Gasteiger partial charge on any atom is 0.153 e. The van der Waals surface area contributed by atoms with E-state index in [4.69, 9.17) is 0 Å². The average molecular weight is 429 g/mol. The molecule has 0 spiro atoms. The molecule has 162 valence electrons. The Morgan fingerprint density at radius 1 is 0.697 bits per heavy atom. The summed E-state index contributed by atoms with van der Waals surface area (Å²) in [6, 6.07) is 30.9. The molecule has 0 saturated carbocycles. The van der Waals surface area contributed by atoms with Gasteiger partial charge in [0.05, 0.1) is 0 Å². The molecule has 0 radical (unpaired) electrons. The van der Waals surface area contributed by atoms with Gasteiger partial charge in [0.2, 0.25) is 0 Å². The number of benzene rings is 4. The standard InChI is InChI=1S/C31H28N2/c1-20-15-24(18-25(16-20)30(32-4)33-5)22-10-8-9-21(17-22)23-13-14-27-26-11-6-7-12-28(26)31(2,3)29(27)19-23/h6-19H,4H2,1-3,5H3. The second kappa shape index (κ2) is 7.97. The molecule has 0 atom stereocenters. The van der Waals surface area contributed by atoms with Crippen LogP contribution in [0.15, 0.2) is 94.9 Å². The summed E-state index contributed by atoms with van der Waals surface area (Å²) in [6.07, 6.45) is 0. The Kier molecular flexibility index (Phi) is 5.09. The van der Waals surface area contributed by atoms with Crippen molar-refractivity contribution in [2.75, 3.05) is 7.05 Å². The molecule has 4 aromatic rings. The van der Waals surface area contributed by atoms with Crippen molar-refractivity contribution in [3.63, 3.8) is 0 Å². The third kappa shape index (κ3) is 3.52. The Morgan fingerprint density at radius 3 is 2.15 bits per heavy atom. The molecule has 0 bridgehead atoms. The van der Waals surface area contributed by atoms with Gasteiger partial charge in [-0.2, -0.15) is 0 Å². The van der Waals surface area contributed by atoms with Gasteiger partial charge in [0, 0.05) is 18.0 Å². The van der Waals surface area contributed by atoms with Gasteiger partial charge in [-0.3, -0.25) is 4.99 Å². The maximum atomic E-state index is 4.27. The monoisotopic (exact) mass is 428 g/mol. The number of nitrogens with zero attached hydrogens (tertiary/aromatic N) is 2. The number of hydrogen-bond acceptors (Lipinski definition) is 1. The molecule has 0 N–H and O–H groups in total. The number of aliphatic imine (C=N–C) groups is 2. The smallest absolute Gasteiger partial charge is 0.153 e. The van der Waals surface area contributed by atoms with Crippen molar-refractivity contribution < 1.29 is 0 Å². The fourth-order valence-electron chi connectivity index (χ4n) is 5.13. The second-order valence-corrected chi connectivity index (χ2v) is 9.30. The summed E-state index contributed by atoms with van der Waals surface area (Å²) in [5, 5.41) is 0. The van der Waals surface area contributed by atoms with Crippen LogP contribution in [-0.2, 0) is 5.41 Å². The molecule has 0 fully saturated rings. The first-order valence-corrected chi connectivity index (χ1v) is 11.3. The maximum absolute atomic E-state index is 4.27. The molecule has 2 heteroatoms. The van der Waals surface area contributed by atoms with Crippen LogP contribution < -0.4 is 0 Å². The Labute approximate surface area is 196 Å². The van der Waals surface area contributed by atoms with Crippen LogP contribution in [0, 0.1) is 6.92 Å². The van der Waals surface area contributed by atoms with Gasteiger partial charge < -0.3 is 0 Å². The predicted molar refractivity (Wildman–Crippen MR) is 142 cm³/mol. The van der Waals surface area contributed by atoms with Crippen LogP contribution in [0.5, 0.6) is 0 Å². The highest BCUT2D eigenvalue weighted by atomic mass is 14.9. The van der Waals surface area contributed by atoms with Crippen molar-refractivity contribution in [2.24, 2.45) is 9.98 Å². The number of fused-ring (bicyclic) bond motifs is 3. The van der Waals surface area contributed by atoms with Crippen molar-refractivity contribution >= 4 is 12.6 Å². The largest absolute Gasteiger partial charge is 0.270 e. The normalized spacial score (nSPS) is 14.0. The Balaban J connectivity index is 1.59. The summed E-state index contributed by atoms with van der Waals surface area (Å²) in [7, 11) is 1.75. The second-order valence-electron chi connectivity index (χ2n) is 9.30. The molecule has 2 nitrogen and oxygen atoms in total. The van der Waals surface area contributed by atoms with E-state index in [-0.39, 0.29) is 5.41 Å². The Hall–Kier alpha value is -3.78. The van der Waals surface area contributed by atoms with Crippen molar-refractivity contribution in [3.8, 4) is 33.4 Å². The summed E-state index contributed by atoms with van der Waals surface area (Å²) in [6.45, 7) is 10.4. The molecule has 0 heterocycles. The van der Waals surface area contributed by atoms with Crippen LogP contribution in [0.3, 0.4) is 0 Å². The molecule has 5 rings (SSSR count). The summed E-state index contributed by atoms with van der Waals surface area (Å²) >= 11 is 0. The highest BCUT2D eigenvalue weighted by molar-refractivity contribution is 6.02. The van der Waals surface area contributed by atoms with Crippen molar-refractivity contribution in [3.05, 3.63) is 107 Å². The first kappa shape index (κ1) is 21.1. The highest BCUT2D eigenvalue weighted by Crippen LogP contribution is 2.49. The van der Waals surface area contributed by atoms with Crippen molar-refractivity contribution in [1.29, 1.82) is 0 Å². The lowest BCUT2D eigenvalue weighted by molar-refractivity contribution is 0.660. The SMILES string of the molecule is C=NC(=NC)c1cc(C)cc(-c2cccc(-c3ccc4c(c3)C(C)(C)c3ccccc3-4)c2)c1. The molecule has 0 amide bonds. The third-order valence-corrected chi connectivity index (χ3v) is 6.81. The number of hydrogen-bond donors (Lipinski definition) is 0. The minimum absolute atomic E-state index is 0.00142. The minimum Gasteiger partial charge on any atom is -0.270 e. The van der Waals surface area contributed by atoms with Crippen LogP contribution in [0.2, 0.25) is 0 Å². The first-order valence-electron chi connectivity index (χ1n) is 11.3. The molecule has 0 aliphatic heterocycles. The number of aryl methyl sites for hydroxylation is 1. The van der Waals surface area contributed by atoms with Gasteiger partial charge in [0.25, 0.3) is 0 Å². The van der Waals surface area contributed by atoms with Gasteiger partial charge >= 0.3 is 0 Å². The van der Waals surface area contributed by atoms with Crippen LogP contribution in [0.1, 0.15) is 36.1 Å². The van der Waals surface area contributed by atoms with Crippen LogP contribution in [-0.4, -0.2) is 19.6 Å².